The molecular weight excluding hydrogens is 252 g/mol. The van der Waals surface area contributed by atoms with Crippen molar-refractivity contribution in [1.29, 1.82) is 0 Å². The second-order valence-corrected chi connectivity index (χ2v) is 7.20. The summed E-state index contributed by atoms with van der Waals surface area (Å²) in [5.41, 5.74) is 1.22. The summed E-state index contributed by atoms with van der Waals surface area (Å²) in [7, 11) is 0. The van der Waals surface area contributed by atoms with Gasteiger partial charge in [0, 0.05) is 12.2 Å². The summed E-state index contributed by atoms with van der Waals surface area (Å²) in [6, 6.07) is 3.91. The number of anilines is 1. The number of rotatable bonds is 3. The Kier molecular flexibility index (Phi) is 2.82. The summed E-state index contributed by atoms with van der Waals surface area (Å²) in [6.07, 6.45) is 5.28. The zero-order chi connectivity index (χ0) is 14.5. The van der Waals surface area contributed by atoms with Gasteiger partial charge >= 0.3 is 5.97 Å². The number of carboxylic acids is 1. The maximum absolute atomic E-state index is 11.3. The lowest BCUT2D eigenvalue weighted by Crippen LogP contribution is -2.46. The van der Waals surface area contributed by atoms with Crippen molar-refractivity contribution in [3.05, 3.63) is 24.0 Å². The van der Waals surface area contributed by atoms with Gasteiger partial charge in [-0.05, 0) is 48.1 Å². The van der Waals surface area contributed by atoms with E-state index in [4.69, 9.17) is 0 Å². The van der Waals surface area contributed by atoms with Crippen LogP contribution in [0, 0.1) is 16.7 Å². The Morgan fingerprint density at radius 2 is 2.20 bits per heavy atom. The van der Waals surface area contributed by atoms with E-state index >= 15 is 0 Å². The van der Waals surface area contributed by atoms with Crippen molar-refractivity contribution >= 4 is 11.7 Å². The van der Waals surface area contributed by atoms with Gasteiger partial charge in [0.15, 0.2) is 5.69 Å². The largest absolute Gasteiger partial charge is 0.476 e. The SMILES string of the molecule is CC12CCC(C1)C(C)(C)C2Nc1cccnc1C(=O)O. The average molecular weight is 274 g/mol. The molecule has 108 valence electrons. The van der Waals surface area contributed by atoms with E-state index in [0.717, 1.165) is 5.92 Å². The van der Waals surface area contributed by atoms with Crippen LogP contribution in [-0.4, -0.2) is 22.1 Å². The van der Waals surface area contributed by atoms with Gasteiger partial charge in [0.1, 0.15) is 0 Å². The molecule has 2 bridgehead atoms. The van der Waals surface area contributed by atoms with Crippen molar-refractivity contribution in [3.8, 4) is 0 Å². The second-order valence-electron chi connectivity index (χ2n) is 7.20. The molecule has 1 aromatic rings. The third-order valence-corrected chi connectivity index (χ3v) is 5.58. The Balaban J connectivity index is 1.94. The number of nitrogens with zero attached hydrogens (tertiary/aromatic N) is 1. The second kappa shape index (κ2) is 4.21. The van der Waals surface area contributed by atoms with Crippen LogP contribution in [0.2, 0.25) is 0 Å². The van der Waals surface area contributed by atoms with E-state index in [2.05, 4.69) is 31.1 Å². The molecule has 2 aliphatic rings. The number of carboxylic acid groups (broad SMARTS) is 1. The maximum atomic E-state index is 11.3. The summed E-state index contributed by atoms with van der Waals surface area (Å²) < 4.78 is 0. The first kappa shape index (κ1) is 13.4. The van der Waals surface area contributed by atoms with Crippen LogP contribution in [0.3, 0.4) is 0 Å². The van der Waals surface area contributed by atoms with Crippen molar-refractivity contribution < 1.29 is 9.90 Å². The van der Waals surface area contributed by atoms with Crippen molar-refractivity contribution in [2.24, 2.45) is 16.7 Å². The van der Waals surface area contributed by atoms with E-state index in [1.54, 1.807) is 6.07 Å². The normalized spacial score (nSPS) is 34.1. The van der Waals surface area contributed by atoms with E-state index in [-0.39, 0.29) is 16.5 Å². The molecule has 1 aromatic heterocycles. The molecule has 4 nitrogen and oxygen atoms in total. The summed E-state index contributed by atoms with van der Waals surface area (Å²) in [4.78, 5) is 15.3. The standard InChI is InChI=1S/C16H22N2O2/c1-15(2)10-6-7-16(3,9-10)14(15)18-11-5-4-8-17-12(11)13(19)20/h4-5,8,10,14,18H,6-7,9H2,1-3H3,(H,19,20). The molecule has 0 saturated heterocycles. The van der Waals surface area contributed by atoms with Gasteiger partial charge in [-0.15, -0.1) is 0 Å². The zero-order valence-electron chi connectivity index (χ0n) is 12.3. The fourth-order valence-electron chi connectivity index (χ4n) is 4.51. The summed E-state index contributed by atoms with van der Waals surface area (Å²) in [5, 5.41) is 12.8. The minimum Gasteiger partial charge on any atom is -0.476 e. The van der Waals surface area contributed by atoms with E-state index in [1.165, 1.54) is 25.5 Å². The van der Waals surface area contributed by atoms with Crippen LogP contribution in [-0.2, 0) is 0 Å². The van der Waals surface area contributed by atoms with E-state index < -0.39 is 5.97 Å². The quantitative estimate of drug-likeness (QED) is 0.886. The Bertz CT molecular complexity index is 550. The van der Waals surface area contributed by atoms with Crippen molar-refractivity contribution in [3.63, 3.8) is 0 Å². The predicted molar refractivity (Wildman–Crippen MR) is 77.8 cm³/mol. The molecular formula is C16H22N2O2. The number of nitrogens with one attached hydrogen (secondary N) is 1. The van der Waals surface area contributed by atoms with Crippen LogP contribution < -0.4 is 5.32 Å². The smallest absolute Gasteiger partial charge is 0.356 e. The minimum absolute atomic E-state index is 0.120. The Morgan fingerprint density at radius 3 is 2.80 bits per heavy atom. The fourth-order valence-corrected chi connectivity index (χ4v) is 4.51. The maximum Gasteiger partial charge on any atom is 0.356 e. The molecule has 2 saturated carbocycles. The van der Waals surface area contributed by atoms with Gasteiger partial charge in [-0.3, -0.25) is 0 Å². The van der Waals surface area contributed by atoms with Gasteiger partial charge in [0.2, 0.25) is 0 Å². The van der Waals surface area contributed by atoms with Crippen LogP contribution >= 0.6 is 0 Å². The van der Waals surface area contributed by atoms with Crippen LogP contribution in [0.4, 0.5) is 5.69 Å². The third-order valence-electron chi connectivity index (χ3n) is 5.58. The lowest BCUT2D eigenvalue weighted by atomic mass is 9.68. The lowest BCUT2D eigenvalue weighted by Gasteiger charge is -2.43. The molecule has 1 heterocycles. The fraction of sp³-hybridized carbons (Fsp3) is 0.625. The first-order chi connectivity index (χ1) is 9.34. The molecule has 20 heavy (non-hydrogen) atoms. The Labute approximate surface area is 119 Å². The molecule has 0 aliphatic heterocycles. The molecule has 0 aromatic carbocycles. The van der Waals surface area contributed by atoms with Crippen LogP contribution in [0.25, 0.3) is 0 Å². The Hall–Kier alpha value is -1.58. The number of aromatic nitrogens is 1. The summed E-state index contributed by atoms with van der Waals surface area (Å²) in [6.45, 7) is 6.93. The van der Waals surface area contributed by atoms with Gasteiger partial charge < -0.3 is 10.4 Å². The van der Waals surface area contributed by atoms with Crippen LogP contribution in [0.1, 0.15) is 50.5 Å². The molecule has 3 atom stereocenters. The molecule has 0 amide bonds. The van der Waals surface area contributed by atoms with Crippen molar-refractivity contribution in [2.75, 3.05) is 5.32 Å². The number of pyridine rings is 1. The highest BCUT2D eigenvalue weighted by Crippen LogP contribution is 2.63. The van der Waals surface area contributed by atoms with Crippen LogP contribution in [0.15, 0.2) is 18.3 Å². The first-order valence-corrected chi connectivity index (χ1v) is 7.29. The molecule has 2 N–H and O–H groups in total. The van der Waals surface area contributed by atoms with Gasteiger partial charge in [0.25, 0.3) is 0 Å². The van der Waals surface area contributed by atoms with Gasteiger partial charge in [-0.25, -0.2) is 9.78 Å². The number of carbonyl (C=O) groups is 1. The topological polar surface area (TPSA) is 62.2 Å². The molecule has 0 radical (unpaired) electrons. The number of hydrogen-bond donors (Lipinski definition) is 2. The summed E-state index contributed by atoms with van der Waals surface area (Å²) >= 11 is 0. The van der Waals surface area contributed by atoms with Gasteiger partial charge in [-0.2, -0.15) is 0 Å². The van der Waals surface area contributed by atoms with Crippen molar-refractivity contribution in [2.45, 2.75) is 46.1 Å². The number of fused-ring (bicyclic) bond motifs is 2. The number of hydrogen-bond acceptors (Lipinski definition) is 3. The lowest BCUT2D eigenvalue weighted by molar-refractivity contribution is 0.0691. The summed E-state index contributed by atoms with van der Waals surface area (Å²) in [5.74, 6) is -0.242. The Morgan fingerprint density at radius 1 is 1.45 bits per heavy atom. The molecule has 3 rings (SSSR count). The molecule has 3 unspecified atom stereocenters. The molecule has 0 spiro atoms. The average Bonchev–Trinajstić information content (AvgIpc) is 2.86. The van der Waals surface area contributed by atoms with E-state index in [1.807, 2.05) is 6.07 Å². The highest BCUT2D eigenvalue weighted by molar-refractivity contribution is 5.91. The minimum atomic E-state index is -0.973. The van der Waals surface area contributed by atoms with Gasteiger partial charge in [-0.1, -0.05) is 20.8 Å². The zero-order valence-corrected chi connectivity index (χ0v) is 12.3. The van der Waals surface area contributed by atoms with Gasteiger partial charge in [0.05, 0.1) is 5.69 Å². The first-order valence-electron chi connectivity index (χ1n) is 7.29. The highest BCUT2D eigenvalue weighted by atomic mass is 16.4. The predicted octanol–water partition coefficient (Wildman–Crippen LogP) is 3.41. The molecule has 2 fully saturated rings. The number of aromatic carboxylic acids is 1. The van der Waals surface area contributed by atoms with E-state index in [9.17, 15) is 9.90 Å². The third kappa shape index (κ3) is 1.81. The molecule has 2 aliphatic carbocycles. The molecule has 4 heteroatoms. The van der Waals surface area contributed by atoms with Crippen LogP contribution in [0.5, 0.6) is 0 Å². The highest BCUT2D eigenvalue weighted by Gasteiger charge is 2.59. The van der Waals surface area contributed by atoms with E-state index in [0.29, 0.717) is 11.7 Å². The van der Waals surface area contributed by atoms with Crippen molar-refractivity contribution in [1.82, 2.24) is 4.98 Å². The monoisotopic (exact) mass is 274 g/mol.